The van der Waals surface area contributed by atoms with Crippen LogP contribution in [0, 0.1) is 0 Å². The van der Waals surface area contributed by atoms with Crippen molar-refractivity contribution < 1.29 is 17.9 Å². The van der Waals surface area contributed by atoms with Gasteiger partial charge in [0, 0.05) is 18.9 Å². The molecule has 90 valence electrons. The van der Waals surface area contributed by atoms with Gasteiger partial charge in [0.05, 0.1) is 25.1 Å². The number of sulfone groups is 1. The summed E-state index contributed by atoms with van der Waals surface area (Å²) in [5.41, 5.74) is 5.82. The first-order chi connectivity index (χ1) is 6.99. The van der Waals surface area contributed by atoms with Crippen LogP contribution in [0.3, 0.4) is 0 Å². The molecule has 0 spiro atoms. The van der Waals surface area contributed by atoms with Gasteiger partial charge >= 0.3 is 0 Å². The van der Waals surface area contributed by atoms with Crippen LogP contribution in [-0.4, -0.2) is 52.4 Å². The predicted molar refractivity (Wildman–Crippen MR) is 57.5 cm³/mol. The number of rotatable bonds is 5. The largest absolute Gasteiger partial charge is 0.378 e. The Morgan fingerprint density at radius 3 is 2.87 bits per heavy atom. The highest BCUT2D eigenvalue weighted by atomic mass is 32.2. The van der Waals surface area contributed by atoms with E-state index in [1.165, 1.54) is 6.26 Å². The van der Waals surface area contributed by atoms with E-state index in [0.717, 1.165) is 12.8 Å². The lowest BCUT2D eigenvalue weighted by Crippen LogP contribution is -2.43. The van der Waals surface area contributed by atoms with Gasteiger partial charge in [0.25, 0.3) is 0 Å². The van der Waals surface area contributed by atoms with Crippen molar-refractivity contribution in [1.82, 2.24) is 0 Å². The van der Waals surface area contributed by atoms with E-state index < -0.39 is 9.84 Å². The van der Waals surface area contributed by atoms with Crippen molar-refractivity contribution in [3.63, 3.8) is 0 Å². The Labute approximate surface area is 90.8 Å². The summed E-state index contributed by atoms with van der Waals surface area (Å²) in [6, 6.07) is 0.0111. The quantitative estimate of drug-likeness (QED) is 0.655. The summed E-state index contributed by atoms with van der Waals surface area (Å²) < 4.78 is 32.3. The highest BCUT2D eigenvalue weighted by Gasteiger charge is 2.22. The molecule has 1 aliphatic heterocycles. The SMILES string of the molecule is CS(=O)(=O)CCOCC1OCCCC1N. The lowest BCUT2D eigenvalue weighted by Gasteiger charge is -2.28. The molecule has 0 aliphatic carbocycles. The van der Waals surface area contributed by atoms with E-state index in [2.05, 4.69) is 0 Å². The van der Waals surface area contributed by atoms with Gasteiger partial charge in [-0.1, -0.05) is 0 Å². The summed E-state index contributed by atoms with van der Waals surface area (Å²) in [7, 11) is -2.94. The highest BCUT2D eigenvalue weighted by molar-refractivity contribution is 7.90. The second-order valence-corrected chi connectivity index (χ2v) is 6.18. The van der Waals surface area contributed by atoms with Gasteiger partial charge < -0.3 is 15.2 Å². The summed E-state index contributed by atoms with van der Waals surface area (Å²) in [5, 5.41) is 0. The fourth-order valence-electron chi connectivity index (χ4n) is 1.44. The van der Waals surface area contributed by atoms with Gasteiger partial charge in [-0.05, 0) is 12.8 Å². The van der Waals surface area contributed by atoms with Crippen LogP contribution in [-0.2, 0) is 19.3 Å². The lowest BCUT2D eigenvalue weighted by molar-refractivity contribution is -0.0487. The number of hydrogen-bond acceptors (Lipinski definition) is 5. The van der Waals surface area contributed by atoms with E-state index in [4.69, 9.17) is 15.2 Å². The third-order valence-corrected chi connectivity index (χ3v) is 3.28. The normalized spacial score (nSPS) is 27.9. The molecule has 0 aromatic rings. The van der Waals surface area contributed by atoms with Gasteiger partial charge in [0.1, 0.15) is 9.84 Å². The summed E-state index contributed by atoms with van der Waals surface area (Å²) in [5.74, 6) is 0.0506. The predicted octanol–water partition coefficient (Wildman–Crippen LogP) is -0.446. The molecule has 1 saturated heterocycles. The fourth-order valence-corrected chi connectivity index (χ4v) is 1.87. The van der Waals surface area contributed by atoms with E-state index in [0.29, 0.717) is 13.2 Å². The van der Waals surface area contributed by atoms with Gasteiger partial charge in [-0.15, -0.1) is 0 Å². The zero-order valence-electron chi connectivity index (χ0n) is 9.02. The van der Waals surface area contributed by atoms with Crippen LogP contribution in [0.4, 0.5) is 0 Å². The zero-order chi connectivity index (χ0) is 11.3. The Bertz CT molecular complexity index is 278. The highest BCUT2D eigenvalue weighted by Crippen LogP contribution is 2.12. The first-order valence-corrected chi connectivity index (χ1v) is 7.18. The average Bonchev–Trinajstić information content (AvgIpc) is 2.13. The minimum Gasteiger partial charge on any atom is -0.378 e. The van der Waals surface area contributed by atoms with Gasteiger partial charge in [0.15, 0.2) is 0 Å². The van der Waals surface area contributed by atoms with Crippen LogP contribution in [0.15, 0.2) is 0 Å². The molecular formula is C9H19NO4S. The fraction of sp³-hybridized carbons (Fsp3) is 1.00. The molecule has 5 nitrogen and oxygen atoms in total. The molecule has 1 heterocycles. The van der Waals surface area contributed by atoms with Crippen molar-refractivity contribution in [2.75, 3.05) is 31.8 Å². The van der Waals surface area contributed by atoms with Gasteiger partial charge in [-0.25, -0.2) is 8.42 Å². The van der Waals surface area contributed by atoms with Crippen molar-refractivity contribution in [2.45, 2.75) is 25.0 Å². The molecular weight excluding hydrogens is 218 g/mol. The Morgan fingerprint density at radius 2 is 2.27 bits per heavy atom. The Hall–Kier alpha value is -0.170. The molecule has 6 heteroatoms. The van der Waals surface area contributed by atoms with Crippen molar-refractivity contribution in [1.29, 1.82) is 0 Å². The topological polar surface area (TPSA) is 78.6 Å². The minimum atomic E-state index is -2.94. The van der Waals surface area contributed by atoms with E-state index in [9.17, 15) is 8.42 Å². The molecule has 0 amide bonds. The average molecular weight is 237 g/mol. The van der Waals surface area contributed by atoms with Crippen molar-refractivity contribution >= 4 is 9.84 Å². The molecule has 0 saturated carbocycles. The second-order valence-electron chi connectivity index (χ2n) is 3.92. The van der Waals surface area contributed by atoms with Crippen LogP contribution >= 0.6 is 0 Å². The molecule has 15 heavy (non-hydrogen) atoms. The van der Waals surface area contributed by atoms with Gasteiger partial charge in [0.2, 0.25) is 0 Å². The van der Waals surface area contributed by atoms with E-state index >= 15 is 0 Å². The monoisotopic (exact) mass is 237 g/mol. The van der Waals surface area contributed by atoms with Crippen LogP contribution < -0.4 is 5.73 Å². The smallest absolute Gasteiger partial charge is 0.149 e. The lowest BCUT2D eigenvalue weighted by atomic mass is 10.0. The Kier molecular flexibility index (Phi) is 4.98. The first kappa shape index (κ1) is 12.9. The molecule has 0 radical (unpaired) electrons. The third-order valence-electron chi connectivity index (χ3n) is 2.37. The van der Waals surface area contributed by atoms with Crippen molar-refractivity contribution in [3.8, 4) is 0 Å². The Morgan fingerprint density at radius 1 is 1.53 bits per heavy atom. The number of hydrogen-bond donors (Lipinski definition) is 1. The van der Waals surface area contributed by atoms with Crippen molar-refractivity contribution in [2.24, 2.45) is 5.73 Å². The molecule has 1 rings (SSSR count). The third kappa shape index (κ3) is 5.46. The molecule has 2 unspecified atom stereocenters. The number of ether oxygens (including phenoxy) is 2. The summed E-state index contributed by atoms with van der Waals surface area (Å²) in [6.45, 7) is 1.32. The van der Waals surface area contributed by atoms with Crippen molar-refractivity contribution in [3.05, 3.63) is 0 Å². The maximum absolute atomic E-state index is 10.8. The maximum atomic E-state index is 10.8. The summed E-state index contributed by atoms with van der Waals surface area (Å²) >= 11 is 0. The second kappa shape index (κ2) is 5.79. The molecule has 0 aromatic heterocycles. The van der Waals surface area contributed by atoms with Crippen LogP contribution in [0.2, 0.25) is 0 Å². The Balaban J connectivity index is 2.14. The zero-order valence-corrected chi connectivity index (χ0v) is 9.83. The number of nitrogens with two attached hydrogens (primary N) is 1. The molecule has 1 fully saturated rings. The van der Waals surface area contributed by atoms with E-state index in [1.54, 1.807) is 0 Å². The van der Waals surface area contributed by atoms with Crippen LogP contribution in [0.25, 0.3) is 0 Å². The van der Waals surface area contributed by atoms with Crippen LogP contribution in [0.5, 0.6) is 0 Å². The molecule has 2 atom stereocenters. The van der Waals surface area contributed by atoms with Gasteiger partial charge in [-0.3, -0.25) is 0 Å². The van der Waals surface area contributed by atoms with Crippen LogP contribution in [0.1, 0.15) is 12.8 Å². The minimum absolute atomic E-state index is 0.0111. The van der Waals surface area contributed by atoms with Gasteiger partial charge in [-0.2, -0.15) is 0 Å². The molecule has 1 aliphatic rings. The first-order valence-electron chi connectivity index (χ1n) is 5.12. The molecule has 0 bridgehead atoms. The summed E-state index contributed by atoms with van der Waals surface area (Å²) in [6.07, 6.45) is 3.04. The molecule has 0 aromatic carbocycles. The maximum Gasteiger partial charge on any atom is 0.149 e. The van der Waals surface area contributed by atoms with E-state index in [1.807, 2.05) is 0 Å². The summed E-state index contributed by atoms with van der Waals surface area (Å²) in [4.78, 5) is 0. The van der Waals surface area contributed by atoms with E-state index in [-0.39, 0.29) is 24.5 Å². The molecule has 2 N–H and O–H groups in total. The standard InChI is InChI=1S/C9H19NO4S/c1-15(11,12)6-5-13-7-9-8(10)3-2-4-14-9/h8-9H,2-7,10H2,1H3.